The van der Waals surface area contributed by atoms with Crippen molar-refractivity contribution < 1.29 is 18.8 Å². The molecule has 9 heteroatoms. The summed E-state index contributed by atoms with van der Waals surface area (Å²) in [7, 11) is 0. The molecule has 2 atom stereocenters. The Balaban J connectivity index is 1.48. The first-order chi connectivity index (χ1) is 17.7. The van der Waals surface area contributed by atoms with Crippen LogP contribution < -0.4 is 4.74 Å². The summed E-state index contributed by atoms with van der Waals surface area (Å²) in [5.74, 6) is 2.54. The summed E-state index contributed by atoms with van der Waals surface area (Å²) < 4.78 is 19.8. The number of aryl methyl sites for hydroxylation is 2. The number of imidazole rings is 1. The number of aromatic nitrogens is 4. The highest BCUT2D eigenvalue weighted by Crippen LogP contribution is 2.46. The third kappa shape index (κ3) is 4.02. The van der Waals surface area contributed by atoms with E-state index in [0.29, 0.717) is 19.7 Å². The minimum absolute atomic E-state index is 0.0691. The minimum Gasteiger partial charge on any atom is -0.488 e. The largest absolute Gasteiger partial charge is 0.488 e. The van der Waals surface area contributed by atoms with E-state index in [-0.39, 0.29) is 18.1 Å². The molecule has 0 saturated carbocycles. The maximum absolute atomic E-state index is 12.8. The normalized spacial score (nSPS) is 19.3. The highest BCUT2D eigenvalue weighted by Gasteiger charge is 2.38. The van der Waals surface area contributed by atoms with E-state index < -0.39 is 5.60 Å². The predicted molar refractivity (Wildman–Crippen MR) is 138 cm³/mol. The first-order valence-corrected chi connectivity index (χ1v) is 12.7. The van der Waals surface area contributed by atoms with Gasteiger partial charge in [-0.15, -0.1) is 0 Å². The van der Waals surface area contributed by atoms with Crippen molar-refractivity contribution in [3.63, 3.8) is 0 Å². The Morgan fingerprint density at radius 3 is 2.70 bits per heavy atom. The second-order valence-electron chi connectivity index (χ2n) is 10.8. The molecule has 2 aliphatic rings. The van der Waals surface area contributed by atoms with E-state index in [0.717, 1.165) is 57.3 Å². The van der Waals surface area contributed by atoms with Crippen molar-refractivity contribution in [3.8, 4) is 16.9 Å². The van der Waals surface area contributed by atoms with Crippen molar-refractivity contribution in [2.45, 2.75) is 58.6 Å². The van der Waals surface area contributed by atoms with Gasteiger partial charge >= 0.3 is 6.09 Å². The van der Waals surface area contributed by atoms with Crippen LogP contribution in [-0.2, 0) is 4.74 Å². The van der Waals surface area contributed by atoms with E-state index in [4.69, 9.17) is 19.0 Å². The van der Waals surface area contributed by atoms with Gasteiger partial charge in [-0.3, -0.25) is 4.98 Å². The number of hydrogen-bond acceptors (Lipinski definition) is 7. The third-order valence-electron chi connectivity index (χ3n) is 7.07. The Kier molecular flexibility index (Phi) is 5.47. The summed E-state index contributed by atoms with van der Waals surface area (Å²) in [5.41, 5.74) is 4.88. The van der Waals surface area contributed by atoms with Gasteiger partial charge in [0.1, 0.15) is 35.4 Å². The minimum atomic E-state index is -0.534. The molecule has 1 aromatic carbocycles. The van der Waals surface area contributed by atoms with Crippen LogP contribution in [0, 0.1) is 13.8 Å². The number of nitrogens with zero attached hydrogens (tertiary/aromatic N) is 5. The zero-order valence-corrected chi connectivity index (χ0v) is 21.8. The van der Waals surface area contributed by atoms with Crippen molar-refractivity contribution in [3.05, 3.63) is 59.5 Å². The van der Waals surface area contributed by atoms with Gasteiger partial charge in [-0.25, -0.2) is 9.78 Å². The summed E-state index contributed by atoms with van der Waals surface area (Å²) >= 11 is 0. The smallest absolute Gasteiger partial charge is 0.410 e. The standard InChI is InChI=1S/C28H31N5O4/c1-16-23(17(2)37-31-16)19-9-10-21-24-25(19)35-15-22(20-8-6-7-12-29-20)33(24)26(30-21)18-11-13-32(14-18)27(34)36-28(3,4)5/h6-10,12,18,22H,11,13-15H2,1-5H3. The van der Waals surface area contributed by atoms with Crippen molar-refractivity contribution >= 4 is 17.1 Å². The number of amides is 1. The summed E-state index contributed by atoms with van der Waals surface area (Å²) in [4.78, 5) is 24.3. The molecule has 9 nitrogen and oxygen atoms in total. The summed E-state index contributed by atoms with van der Waals surface area (Å²) in [6.45, 7) is 11.1. The Morgan fingerprint density at radius 2 is 2.00 bits per heavy atom. The number of ether oxygens (including phenoxy) is 2. The number of rotatable bonds is 3. The van der Waals surface area contributed by atoms with Gasteiger partial charge < -0.3 is 23.5 Å². The fourth-order valence-electron chi connectivity index (χ4n) is 5.48. The van der Waals surface area contributed by atoms with Crippen LogP contribution in [0.5, 0.6) is 5.75 Å². The molecular weight excluding hydrogens is 470 g/mol. The monoisotopic (exact) mass is 501 g/mol. The number of hydrogen-bond donors (Lipinski definition) is 0. The molecule has 4 aromatic rings. The molecule has 0 radical (unpaired) electrons. The SMILES string of the molecule is Cc1noc(C)c1-c1ccc2nc(C3CCN(C(=O)OC(C)(C)C)C3)n3c2c1OCC3c1ccccn1. The van der Waals surface area contributed by atoms with Crippen LogP contribution in [0.3, 0.4) is 0 Å². The highest BCUT2D eigenvalue weighted by molar-refractivity contribution is 5.93. The Bertz CT molecular complexity index is 1460. The highest BCUT2D eigenvalue weighted by atomic mass is 16.6. The summed E-state index contributed by atoms with van der Waals surface area (Å²) in [5, 5.41) is 4.16. The summed E-state index contributed by atoms with van der Waals surface area (Å²) in [6, 6.07) is 9.86. The van der Waals surface area contributed by atoms with Gasteiger partial charge in [0.2, 0.25) is 0 Å². The Hall–Kier alpha value is -3.88. The first kappa shape index (κ1) is 23.5. The van der Waals surface area contributed by atoms with Gasteiger partial charge in [-0.05, 0) is 65.3 Å². The van der Waals surface area contributed by atoms with Crippen LogP contribution in [0.1, 0.15) is 62.1 Å². The van der Waals surface area contributed by atoms with Crippen LogP contribution in [0.2, 0.25) is 0 Å². The van der Waals surface area contributed by atoms with Crippen molar-refractivity contribution in [1.29, 1.82) is 0 Å². The van der Waals surface area contributed by atoms with E-state index >= 15 is 0 Å². The molecule has 192 valence electrons. The molecule has 0 N–H and O–H groups in total. The molecule has 0 bridgehead atoms. The lowest BCUT2D eigenvalue weighted by molar-refractivity contribution is 0.0292. The van der Waals surface area contributed by atoms with E-state index in [1.807, 2.05) is 65.0 Å². The van der Waals surface area contributed by atoms with Crippen LogP contribution >= 0.6 is 0 Å². The van der Waals surface area contributed by atoms with Gasteiger partial charge in [0.15, 0.2) is 5.75 Å². The Morgan fingerprint density at radius 1 is 1.16 bits per heavy atom. The number of pyridine rings is 1. The fourth-order valence-corrected chi connectivity index (χ4v) is 5.48. The molecular formula is C28H31N5O4. The van der Waals surface area contributed by atoms with E-state index in [2.05, 4.69) is 14.7 Å². The molecule has 1 saturated heterocycles. The molecule has 0 spiro atoms. The topological polar surface area (TPSA) is 95.5 Å². The number of benzene rings is 1. The van der Waals surface area contributed by atoms with Crippen LogP contribution in [-0.4, -0.2) is 56.0 Å². The second kappa shape index (κ2) is 8.61. The maximum Gasteiger partial charge on any atom is 0.410 e. The predicted octanol–water partition coefficient (Wildman–Crippen LogP) is 5.41. The second-order valence-corrected chi connectivity index (χ2v) is 10.8. The lowest BCUT2D eigenvalue weighted by atomic mass is 10.0. The summed E-state index contributed by atoms with van der Waals surface area (Å²) in [6.07, 6.45) is 2.33. The van der Waals surface area contributed by atoms with Gasteiger partial charge in [0, 0.05) is 30.8 Å². The molecule has 6 rings (SSSR count). The fraction of sp³-hybridized carbons (Fsp3) is 0.429. The zero-order chi connectivity index (χ0) is 25.9. The average molecular weight is 502 g/mol. The number of carbonyl (C=O) groups excluding carboxylic acids is 1. The molecule has 2 unspecified atom stereocenters. The van der Waals surface area contributed by atoms with E-state index in [1.165, 1.54) is 0 Å². The molecule has 37 heavy (non-hydrogen) atoms. The van der Waals surface area contributed by atoms with Gasteiger partial charge in [-0.2, -0.15) is 0 Å². The van der Waals surface area contributed by atoms with E-state index in [1.54, 1.807) is 11.1 Å². The maximum atomic E-state index is 12.8. The molecule has 2 aliphatic heterocycles. The average Bonchev–Trinajstić information content (AvgIpc) is 3.58. The quantitative estimate of drug-likeness (QED) is 0.370. The van der Waals surface area contributed by atoms with Gasteiger partial charge in [0.25, 0.3) is 0 Å². The van der Waals surface area contributed by atoms with Gasteiger partial charge in [0.05, 0.1) is 22.5 Å². The molecule has 5 heterocycles. The molecule has 3 aromatic heterocycles. The Labute approximate surface area is 215 Å². The lowest BCUT2D eigenvalue weighted by Gasteiger charge is -2.29. The first-order valence-electron chi connectivity index (χ1n) is 12.7. The lowest BCUT2D eigenvalue weighted by Crippen LogP contribution is -2.35. The van der Waals surface area contributed by atoms with E-state index in [9.17, 15) is 4.79 Å². The molecule has 1 amide bonds. The van der Waals surface area contributed by atoms with Crippen molar-refractivity contribution in [1.82, 2.24) is 24.6 Å². The zero-order valence-electron chi connectivity index (χ0n) is 21.8. The van der Waals surface area contributed by atoms with Crippen molar-refractivity contribution in [2.75, 3.05) is 19.7 Å². The van der Waals surface area contributed by atoms with Crippen LogP contribution in [0.25, 0.3) is 22.2 Å². The molecule has 1 fully saturated rings. The third-order valence-corrected chi connectivity index (χ3v) is 7.07. The van der Waals surface area contributed by atoms with Crippen LogP contribution in [0.15, 0.2) is 41.1 Å². The number of carbonyl (C=O) groups is 1. The van der Waals surface area contributed by atoms with Gasteiger partial charge in [-0.1, -0.05) is 11.2 Å². The number of likely N-dealkylation sites (tertiary alicyclic amines) is 1. The molecule has 0 aliphatic carbocycles. The van der Waals surface area contributed by atoms with Crippen molar-refractivity contribution in [2.24, 2.45) is 0 Å². The van der Waals surface area contributed by atoms with Crippen LogP contribution in [0.4, 0.5) is 4.79 Å².